The summed E-state index contributed by atoms with van der Waals surface area (Å²) >= 11 is 0. The lowest BCUT2D eigenvalue weighted by Crippen LogP contribution is -2.46. The van der Waals surface area contributed by atoms with Crippen molar-refractivity contribution in [1.82, 2.24) is 5.32 Å². The first-order valence-electron chi connectivity index (χ1n) is 8.03. The average Bonchev–Trinajstić information content (AvgIpc) is 3.39. The van der Waals surface area contributed by atoms with Gasteiger partial charge in [0.25, 0.3) is 5.91 Å². The third-order valence-electron chi connectivity index (χ3n) is 4.07. The van der Waals surface area contributed by atoms with Gasteiger partial charge in [-0.25, -0.2) is 4.39 Å². The van der Waals surface area contributed by atoms with Crippen LogP contribution in [0.5, 0.6) is 0 Å². The Balaban J connectivity index is 1.67. The van der Waals surface area contributed by atoms with Crippen LogP contribution in [0.3, 0.4) is 0 Å². The highest BCUT2D eigenvalue weighted by atomic mass is 19.1. The Labute approximate surface area is 139 Å². The molecule has 0 spiro atoms. The fourth-order valence-electron chi connectivity index (χ4n) is 2.57. The molecule has 1 aromatic rings. The minimum absolute atomic E-state index is 0.00881. The molecule has 1 heterocycles. The number of nitrogens with zero attached hydrogens (tertiary/aromatic N) is 1. The number of carbonyl (C=O) groups is 2. The molecule has 1 saturated carbocycles. The van der Waals surface area contributed by atoms with E-state index < -0.39 is 11.9 Å². The third-order valence-corrected chi connectivity index (χ3v) is 4.07. The zero-order chi connectivity index (χ0) is 17.1. The van der Waals surface area contributed by atoms with Crippen LogP contribution in [-0.4, -0.2) is 50.2 Å². The molecule has 4 N–H and O–H groups in total. The van der Waals surface area contributed by atoms with Gasteiger partial charge in [-0.1, -0.05) is 0 Å². The van der Waals surface area contributed by atoms with E-state index in [2.05, 4.69) is 10.6 Å². The topological polar surface area (TPSA) is 96.7 Å². The molecule has 1 saturated heterocycles. The number of carbonyl (C=O) groups excluding carboxylic acids is 2. The zero-order valence-electron chi connectivity index (χ0n) is 13.3. The number of hydrogen-bond donors (Lipinski definition) is 3. The van der Waals surface area contributed by atoms with E-state index in [0.29, 0.717) is 24.9 Å². The maximum atomic E-state index is 14.3. The second kappa shape index (κ2) is 7.25. The Kier molecular flexibility index (Phi) is 5.08. The number of nitrogens with one attached hydrogen (secondary N) is 2. The van der Waals surface area contributed by atoms with Crippen molar-refractivity contribution in [3.8, 4) is 0 Å². The molecule has 0 aromatic heterocycles. The van der Waals surface area contributed by atoms with Gasteiger partial charge in [-0.2, -0.15) is 0 Å². The van der Waals surface area contributed by atoms with Gasteiger partial charge in [-0.15, -0.1) is 0 Å². The maximum absolute atomic E-state index is 14.3. The van der Waals surface area contributed by atoms with Crippen LogP contribution in [-0.2, 0) is 14.3 Å². The molecule has 1 aliphatic carbocycles. The Bertz CT molecular complexity index is 636. The summed E-state index contributed by atoms with van der Waals surface area (Å²) in [6.07, 6.45) is 2.06. The number of nitrogens with two attached hydrogens (primary N) is 1. The van der Waals surface area contributed by atoms with Gasteiger partial charge < -0.3 is 26.0 Å². The van der Waals surface area contributed by atoms with Crippen molar-refractivity contribution in [2.45, 2.75) is 24.9 Å². The highest BCUT2D eigenvalue weighted by molar-refractivity contribution is 5.97. The van der Waals surface area contributed by atoms with Crippen molar-refractivity contribution in [3.63, 3.8) is 0 Å². The van der Waals surface area contributed by atoms with Crippen LogP contribution < -0.4 is 21.3 Å². The average molecular weight is 336 g/mol. The molecule has 1 atom stereocenters. The normalized spacial score (nSPS) is 19.2. The van der Waals surface area contributed by atoms with Gasteiger partial charge in [0.2, 0.25) is 5.91 Å². The molecule has 2 aliphatic rings. The molecule has 1 aliphatic heterocycles. The molecule has 1 aromatic carbocycles. The monoisotopic (exact) mass is 336 g/mol. The van der Waals surface area contributed by atoms with Crippen molar-refractivity contribution in [1.29, 1.82) is 0 Å². The molecule has 130 valence electrons. The van der Waals surface area contributed by atoms with Crippen molar-refractivity contribution in [3.05, 3.63) is 24.0 Å². The summed E-state index contributed by atoms with van der Waals surface area (Å²) < 4.78 is 19.4. The van der Waals surface area contributed by atoms with Crippen LogP contribution in [0.1, 0.15) is 12.8 Å². The third kappa shape index (κ3) is 3.89. The Morgan fingerprint density at radius 1 is 1.46 bits per heavy atom. The largest absolute Gasteiger partial charge is 0.370 e. The summed E-state index contributed by atoms with van der Waals surface area (Å²) in [6.45, 7) is 0.927. The quantitative estimate of drug-likeness (QED) is 0.690. The summed E-state index contributed by atoms with van der Waals surface area (Å²) in [5.74, 6) is -1.17. The number of benzene rings is 1. The number of anilines is 2. The first-order chi connectivity index (χ1) is 11.6. The van der Waals surface area contributed by atoms with Crippen molar-refractivity contribution < 1.29 is 18.7 Å². The maximum Gasteiger partial charge on any atom is 0.253 e. The van der Waals surface area contributed by atoms with E-state index in [4.69, 9.17) is 10.5 Å². The number of morpholine rings is 1. The van der Waals surface area contributed by atoms with E-state index in [1.54, 1.807) is 6.07 Å². The summed E-state index contributed by atoms with van der Waals surface area (Å²) in [4.78, 5) is 25.5. The van der Waals surface area contributed by atoms with Crippen LogP contribution in [0.4, 0.5) is 15.8 Å². The molecule has 2 fully saturated rings. The molecule has 0 unspecified atom stereocenters. The number of rotatable bonds is 6. The van der Waals surface area contributed by atoms with Gasteiger partial charge in [-0.05, 0) is 31.0 Å². The van der Waals surface area contributed by atoms with Crippen molar-refractivity contribution in [2.24, 2.45) is 5.73 Å². The van der Waals surface area contributed by atoms with Gasteiger partial charge >= 0.3 is 0 Å². The smallest absolute Gasteiger partial charge is 0.253 e. The van der Waals surface area contributed by atoms with Crippen LogP contribution in [0, 0.1) is 5.82 Å². The Morgan fingerprint density at radius 2 is 2.25 bits per heavy atom. The molecule has 0 radical (unpaired) electrons. The number of ether oxygens (including phenoxy) is 1. The van der Waals surface area contributed by atoms with E-state index >= 15 is 0 Å². The van der Waals surface area contributed by atoms with Gasteiger partial charge in [-0.3, -0.25) is 9.59 Å². The first kappa shape index (κ1) is 16.8. The molecular weight excluding hydrogens is 315 g/mol. The molecule has 24 heavy (non-hydrogen) atoms. The predicted octanol–water partition coefficient (Wildman–Crippen LogP) is 0.207. The lowest BCUT2D eigenvalue weighted by atomic mass is 10.2. The second-order valence-electron chi connectivity index (χ2n) is 5.98. The second-order valence-corrected chi connectivity index (χ2v) is 5.98. The Hall–Kier alpha value is -2.03. The Morgan fingerprint density at radius 3 is 2.88 bits per heavy atom. The van der Waals surface area contributed by atoms with Crippen molar-refractivity contribution >= 4 is 23.2 Å². The summed E-state index contributed by atoms with van der Waals surface area (Å²) in [6, 6.07) is 4.08. The van der Waals surface area contributed by atoms with Gasteiger partial charge in [0.1, 0.15) is 12.4 Å². The summed E-state index contributed by atoms with van der Waals surface area (Å²) in [5, 5.41) is 5.67. The van der Waals surface area contributed by atoms with Crippen molar-refractivity contribution in [2.75, 3.05) is 36.5 Å². The highest BCUT2D eigenvalue weighted by Gasteiger charge is 2.28. The number of halogens is 1. The molecule has 0 bridgehead atoms. The first-order valence-corrected chi connectivity index (χ1v) is 8.03. The van der Waals surface area contributed by atoms with E-state index in [9.17, 15) is 14.0 Å². The van der Waals surface area contributed by atoms with Crippen LogP contribution in [0.15, 0.2) is 18.2 Å². The lowest BCUT2D eigenvalue weighted by Gasteiger charge is -2.27. The summed E-state index contributed by atoms with van der Waals surface area (Å²) in [7, 11) is 0. The van der Waals surface area contributed by atoms with E-state index in [-0.39, 0.29) is 30.7 Å². The number of amides is 2. The lowest BCUT2D eigenvalue weighted by molar-refractivity contribution is -0.125. The van der Waals surface area contributed by atoms with E-state index in [1.807, 2.05) is 0 Å². The minimum Gasteiger partial charge on any atom is -0.370 e. The number of hydrogen-bond acceptors (Lipinski definition) is 5. The van der Waals surface area contributed by atoms with Crippen LogP contribution in [0.2, 0.25) is 0 Å². The fourth-order valence-corrected chi connectivity index (χ4v) is 2.57. The summed E-state index contributed by atoms with van der Waals surface area (Å²) in [5.41, 5.74) is 6.12. The van der Waals surface area contributed by atoms with E-state index in [1.165, 1.54) is 17.0 Å². The standard InChI is InChI=1S/C16H21FN4O3/c17-12-7-11(21-5-6-24-9-15(21)22)3-4-13(12)20-16(23)14(8-18)19-10-1-2-10/h3-4,7,10,14,19H,1-2,5-6,8-9,18H2,(H,20,23)/t14-/m0/s1. The SMILES string of the molecule is NC[C@H](NC1CC1)C(=O)Nc1ccc(N2CCOCC2=O)cc1F. The predicted molar refractivity (Wildman–Crippen MR) is 87.2 cm³/mol. The molecular formula is C16H21FN4O3. The van der Waals surface area contributed by atoms with Gasteiger partial charge in [0.05, 0.1) is 18.3 Å². The van der Waals surface area contributed by atoms with Crippen LogP contribution in [0.25, 0.3) is 0 Å². The fraction of sp³-hybridized carbons (Fsp3) is 0.500. The highest BCUT2D eigenvalue weighted by Crippen LogP contribution is 2.24. The molecule has 8 heteroatoms. The molecule has 2 amide bonds. The van der Waals surface area contributed by atoms with Crippen LogP contribution >= 0.6 is 0 Å². The van der Waals surface area contributed by atoms with Gasteiger partial charge in [0, 0.05) is 24.8 Å². The molecule has 7 nitrogen and oxygen atoms in total. The van der Waals surface area contributed by atoms with E-state index in [0.717, 1.165) is 12.8 Å². The van der Waals surface area contributed by atoms with Gasteiger partial charge in [0.15, 0.2) is 0 Å². The molecule has 3 rings (SSSR count). The minimum atomic E-state index is -0.595. The zero-order valence-corrected chi connectivity index (χ0v) is 13.3.